The number of rotatable bonds is 1. The molecule has 1 aromatic rings. The Morgan fingerprint density at radius 1 is 1.46 bits per heavy atom. The van der Waals surface area contributed by atoms with Gasteiger partial charge < -0.3 is 11.0 Å². The standard InChI is InChI=1S/C5H6N2O3.2H2O.Sb/c8-2-3-1-6-5(10)7-4(3)9;;;/h1,8H,2H2,(H2,6,7,9,10);2*1H2;/q;;;+1/p-1. The number of hydrogen-bond acceptors (Lipinski definition) is 3. The summed E-state index contributed by atoms with van der Waals surface area (Å²) in [4.78, 5) is 24.1. The summed E-state index contributed by atoms with van der Waals surface area (Å²) >= 11 is 0.982. The van der Waals surface area contributed by atoms with Crippen molar-refractivity contribution in [3.8, 4) is 0 Å². The first-order chi connectivity index (χ1) is 5.16. The van der Waals surface area contributed by atoms with Crippen molar-refractivity contribution in [3.63, 3.8) is 0 Å². The predicted octanol–water partition coefficient (Wildman–Crippen LogP) is -3.69. The zero-order chi connectivity index (χ0) is 8.43. The van der Waals surface area contributed by atoms with Crippen LogP contribution in [0.15, 0.2) is 15.8 Å². The van der Waals surface area contributed by atoms with Gasteiger partial charge in [0.2, 0.25) is 0 Å². The number of nitrogens with one attached hydrogen (secondary N) is 1. The summed E-state index contributed by atoms with van der Waals surface area (Å²) in [6, 6.07) is 0. The van der Waals surface area contributed by atoms with E-state index in [2.05, 4.69) is 4.98 Å². The quantitative estimate of drug-likeness (QED) is 0.516. The van der Waals surface area contributed by atoms with Crippen LogP contribution in [0.3, 0.4) is 0 Å². The topological polar surface area (TPSA) is 138 Å². The third kappa shape index (κ3) is 2.96. The van der Waals surface area contributed by atoms with Gasteiger partial charge in [0.05, 0.1) is 0 Å². The van der Waals surface area contributed by atoms with E-state index in [1.165, 1.54) is 6.20 Å². The molecule has 7 nitrogen and oxygen atoms in total. The van der Waals surface area contributed by atoms with Crippen molar-refractivity contribution in [1.29, 1.82) is 0 Å². The summed E-state index contributed by atoms with van der Waals surface area (Å²) in [6.45, 7) is -0.350. The molecule has 0 amide bonds. The number of aliphatic hydroxyl groups excluding tert-OH is 1. The van der Waals surface area contributed by atoms with E-state index in [-0.39, 0.29) is 23.1 Å². The van der Waals surface area contributed by atoms with Crippen molar-refractivity contribution in [1.82, 2.24) is 7.71 Å². The monoisotopic (exact) mass is 298 g/mol. The van der Waals surface area contributed by atoms with Crippen LogP contribution in [0.2, 0.25) is 0 Å². The van der Waals surface area contributed by atoms with E-state index >= 15 is 0 Å². The van der Waals surface area contributed by atoms with Crippen molar-refractivity contribution < 1.29 is 16.1 Å². The van der Waals surface area contributed by atoms with Crippen molar-refractivity contribution in [2.75, 3.05) is 0 Å². The molecule has 2 radical (unpaired) electrons. The van der Waals surface area contributed by atoms with Gasteiger partial charge in [-0.05, 0) is 0 Å². The van der Waals surface area contributed by atoms with Gasteiger partial charge in [0.1, 0.15) is 0 Å². The molecule has 0 fully saturated rings. The molecule has 13 heavy (non-hydrogen) atoms. The van der Waals surface area contributed by atoms with Gasteiger partial charge in [0, 0.05) is 0 Å². The van der Waals surface area contributed by atoms with Gasteiger partial charge in [0.15, 0.2) is 0 Å². The van der Waals surface area contributed by atoms with E-state index in [1.807, 2.05) is 0 Å². The number of aromatic nitrogens is 2. The van der Waals surface area contributed by atoms with E-state index < -0.39 is 11.2 Å². The van der Waals surface area contributed by atoms with E-state index in [1.54, 1.807) is 0 Å². The molecule has 1 rings (SSSR count). The maximum absolute atomic E-state index is 11.0. The minimum atomic E-state index is -0.457. The van der Waals surface area contributed by atoms with Crippen LogP contribution in [0, 0.1) is 0 Å². The van der Waals surface area contributed by atoms with E-state index in [4.69, 9.17) is 5.11 Å². The molecule has 6 N–H and O–H groups in total. The van der Waals surface area contributed by atoms with Gasteiger partial charge in [-0.15, -0.1) is 0 Å². The van der Waals surface area contributed by atoms with Gasteiger partial charge in [-0.25, -0.2) is 0 Å². The summed E-state index contributed by atoms with van der Waals surface area (Å²) in [7, 11) is 0. The van der Waals surface area contributed by atoms with Gasteiger partial charge in [-0.1, -0.05) is 0 Å². The first kappa shape index (κ1) is 14.9. The molecular formula is C5H9N2O5Sb. The summed E-state index contributed by atoms with van der Waals surface area (Å²) < 4.78 is 0.958. The Morgan fingerprint density at radius 2 is 2.00 bits per heavy atom. The Morgan fingerprint density at radius 3 is 2.46 bits per heavy atom. The van der Waals surface area contributed by atoms with Crippen LogP contribution in [0.1, 0.15) is 5.56 Å². The second kappa shape index (κ2) is 5.93. The minimum absolute atomic E-state index is 0. The molecule has 1 heterocycles. The Kier molecular flexibility index (Phi) is 6.78. The summed E-state index contributed by atoms with van der Waals surface area (Å²) in [5.41, 5.74) is -0.697. The van der Waals surface area contributed by atoms with Crippen LogP contribution in [-0.4, -0.2) is 47.1 Å². The third-order valence-corrected chi connectivity index (χ3v) is 2.24. The third-order valence-electron chi connectivity index (χ3n) is 1.20. The van der Waals surface area contributed by atoms with Crippen molar-refractivity contribution >= 4 is 23.3 Å². The first-order valence-corrected chi connectivity index (χ1v) is 3.94. The van der Waals surface area contributed by atoms with Crippen LogP contribution in [0.5, 0.6) is 0 Å². The number of aliphatic hydroxyl groups is 1. The summed E-state index contributed by atoms with van der Waals surface area (Å²) in [5.74, 6) is 0. The normalized spacial score (nSPS) is 8.46. The Hall–Kier alpha value is -0.622. The average molecular weight is 299 g/mol. The van der Waals surface area contributed by atoms with Crippen molar-refractivity contribution in [2.24, 2.45) is 0 Å². The first-order valence-electron chi connectivity index (χ1n) is 2.80. The molecule has 0 atom stereocenters. The molecule has 0 aliphatic rings. The summed E-state index contributed by atoms with van der Waals surface area (Å²) in [5, 5.41) is 8.60. The van der Waals surface area contributed by atoms with E-state index in [0.29, 0.717) is 0 Å². The Labute approximate surface area is 86.5 Å². The van der Waals surface area contributed by atoms with Crippen molar-refractivity contribution in [3.05, 3.63) is 32.6 Å². The molecule has 1 aromatic heterocycles. The van der Waals surface area contributed by atoms with Crippen molar-refractivity contribution in [2.45, 2.75) is 6.61 Å². The van der Waals surface area contributed by atoms with Crippen LogP contribution in [-0.2, 0) is 6.61 Å². The van der Waals surface area contributed by atoms with E-state index in [0.717, 1.165) is 26.0 Å². The fourth-order valence-electron chi connectivity index (χ4n) is 0.613. The van der Waals surface area contributed by atoms with Gasteiger partial charge >= 0.3 is 75.3 Å². The van der Waals surface area contributed by atoms with Crippen LogP contribution >= 0.6 is 0 Å². The van der Waals surface area contributed by atoms with Crippen LogP contribution in [0.4, 0.5) is 0 Å². The molecule has 0 spiro atoms. The molecule has 0 aliphatic heterocycles. The molecule has 74 valence electrons. The molecule has 0 unspecified atom stereocenters. The van der Waals surface area contributed by atoms with E-state index in [9.17, 15) is 9.59 Å². The number of nitrogens with zero attached hydrogens (tertiary/aromatic N) is 1. The fourth-order valence-corrected chi connectivity index (χ4v) is 1.14. The van der Waals surface area contributed by atoms with Gasteiger partial charge in [-0.2, -0.15) is 0 Å². The Balaban J connectivity index is 0. The molecular weight excluding hydrogens is 290 g/mol. The maximum atomic E-state index is 11.0. The van der Waals surface area contributed by atoms with Gasteiger partial charge in [0.25, 0.3) is 0 Å². The molecule has 0 bridgehead atoms. The van der Waals surface area contributed by atoms with Crippen LogP contribution in [0.25, 0.3) is 0 Å². The molecule has 0 saturated carbocycles. The van der Waals surface area contributed by atoms with Crippen LogP contribution < -0.4 is 11.2 Å². The second-order valence-electron chi connectivity index (χ2n) is 1.89. The second-order valence-corrected chi connectivity index (χ2v) is 3.04. The molecule has 0 saturated heterocycles. The average Bonchev–Trinajstić information content (AvgIpc) is 2.01. The van der Waals surface area contributed by atoms with Gasteiger partial charge in [-0.3, -0.25) is 0 Å². The number of hydrogen-bond donors (Lipinski definition) is 2. The molecule has 0 aromatic carbocycles. The summed E-state index contributed by atoms with van der Waals surface area (Å²) in [6.07, 6.45) is 1.22. The number of aromatic amines is 1. The fraction of sp³-hybridized carbons (Fsp3) is 0.200. The molecule has 8 heteroatoms. The predicted molar refractivity (Wildman–Crippen MR) is 45.6 cm³/mol. The Bertz CT molecular complexity index is 370. The zero-order valence-corrected chi connectivity index (χ0v) is 9.00. The molecule has 0 aliphatic carbocycles. The zero-order valence-electron chi connectivity index (χ0n) is 6.44. The SMILES string of the molecule is O.O.O=c1[nH]cc(CO)c(=O)[n]1[Sb]. The number of H-pyrrole nitrogens is 1.